The lowest BCUT2D eigenvalue weighted by molar-refractivity contribution is 0.0526. The fraction of sp³-hybridized carbons (Fsp3) is 0.200. The fourth-order valence-corrected chi connectivity index (χ4v) is 3.98. The average molecular weight is 451 g/mol. The molecule has 32 heavy (non-hydrogen) atoms. The molecule has 1 fully saturated rings. The van der Waals surface area contributed by atoms with Crippen LogP contribution in [-0.2, 0) is 4.74 Å². The van der Waals surface area contributed by atoms with Crippen molar-refractivity contribution in [1.29, 1.82) is 0 Å². The number of para-hydroxylation sites is 2. The highest BCUT2D eigenvalue weighted by Gasteiger charge is 2.29. The van der Waals surface area contributed by atoms with Crippen molar-refractivity contribution in [3.63, 3.8) is 0 Å². The molecular formula is C25H20ClFN2O3. The van der Waals surface area contributed by atoms with Crippen LogP contribution in [0.3, 0.4) is 0 Å². The largest absolute Gasteiger partial charge is 0.462 e. The van der Waals surface area contributed by atoms with Gasteiger partial charge in [-0.05, 0) is 67.6 Å². The molecule has 5 nitrogen and oxygen atoms in total. The van der Waals surface area contributed by atoms with Crippen LogP contribution in [0.1, 0.15) is 41.6 Å². The van der Waals surface area contributed by atoms with Gasteiger partial charge in [-0.15, -0.1) is 5.10 Å². The minimum Gasteiger partial charge on any atom is -0.462 e. The standard InChI is InChI=1S/C25H20ClFN2O3/c1-2-31-25(30)16-12-13-22(20(27)14-16)29-21-9-4-3-6-18(21)24(28-29)32-23-17(15-10-11-15)7-5-8-19(23)26/h3-9,12-15H,2,10-11H2,1H3. The number of nitrogens with zero attached hydrogens (tertiary/aromatic N) is 2. The van der Waals surface area contributed by atoms with Crippen molar-refractivity contribution in [2.75, 3.05) is 6.61 Å². The molecule has 0 spiro atoms. The Labute approximate surface area is 189 Å². The maximum absolute atomic E-state index is 15.0. The first kappa shape index (κ1) is 20.5. The Hall–Kier alpha value is -3.38. The molecule has 5 rings (SSSR count). The van der Waals surface area contributed by atoms with Gasteiger partial charge in [-0.25, -0.2) is 13.9 Å². The smallest absolute Gasteiger partial charge is 0.338 e. The van der Waals surface area contributed by atoms with Crippen molar-refractivity contribution in [2.45, 2.75) is 25.7 Å². The van der Waals surface area contributed by atoms with Crippen LogP contribution in [0.2, 0.25) is 5.02 Å². The number of aromatic nitrogens is 2. The molecule has 1 aromatic heterocycles. The van der Waals surface area contributed by atoms with Crippen LogP contribution in [0.5, 0.6) is 11.6 Å². The van der Waals surface area contributed by atoms with E-state index < -0.39 is 11.8 Å². The van der Waals surface area contributed by atoms with E-state index in [-0.39, 0.29) is 17.9 Å². The predicted octanol–water partition coefficient (Wildman–Crippen LogP) is 6.66. The Balaban J connectivity index is 1.59. The topological polar surface area (TPSA) is 53.4 Å². The number of ether oxygens (including phenoxy) is 2. The lowest BCUT2D eigenvalue weighted by Crippen LogP contribution is -2.07. The predicted molar refractivity (Wildman–Crippen MR) is 120 cm³/mol. The molecule has 1 aliphatic rings. The monoisotopic (exact) mass is 450 g/mol. The molecule has 0 atom stereocenters. The quantitative estimate of drug-likeness (QED) is 0.308. The first-order valence-corrected chi connectivity index (χ1v) is 10.9. The van der Waals surface area contributed by atoms with E-state index in [1.54, 1.807) is 13.0 Å². The van der Waals surface area contributed by atoms with Crippen LogP contribution >= 0.6 is 11.6 Å². The van der Waals surface area contributed by atoms with Gasteiger partial charge in [0.1, 0.15) is 11.5 Å². The van der Waals surface area contributed by atoms with Crippen molar-refractivity contribution in [3.05, 3.63) is 82.6 Å². The second kappa shape index (κ2) is 8.28. The van der Waals surface area contributed by atoms with E-state index in [1.165, 1.54) is 16.8 Å². The van der Waals surface area contributed by atoms with E-state index in [1.807, 2.05) is 36.4 Å². The molecule has 0 N–H and O–H groups in total. The molecule has 1 saturated carbocycles. The second-order valence-corrected chi connectivity index (χ2v) is 8.06. The average Bonchev–Trinajstić information content (AvgIpc) is 3.58. The van der Waals surface area contributed by atoms with Gasteiger partial charge in [0, 0.05) is 0 Å². The summed E-state index contributed by atoms with van der Waals surface area (Å²) in [5.74, 6) is 0.199. The van der Waals surface area contributed by atoms with Crippen LogP contribution in [-0.4, -0.2) is 22.4 Å². The highest BCUT2D eigenvalue weighted by molar-refractivity contribution is 6.32. The van der Waals surface area contributed by atoms with E-state index in [4.69, 9.17) is 21.1 Å². The van der Waals surface area contributed by atoms with Gasteiger partial charge in [0.15, 0.2) is 5.75 Å². The van der Waals surface area contributed by atoms with Crippen LogP contribution < -0.4 is 4.74 Å². The lowest BCUT2D eigenvalue weighted by atomic mass is 10.1. The maximum Gasteiger partial charge on any atom is 0.338 e. The molecule has 0 amide bonds. The molecule has 0 aliphatic heterocycles. The zero-order valence-corrected chi connectivity index (χ0v) is 18.1. The zero-order valence-electron chi connectivity index (χ0n) is 17.3. The highest BCUT2D eigenvalue weighted by Crippen LogP contribution is 2.48. The molecule has 0 radical (unpaired) electrons. The van der Waals surface area contributed by atoms with Gasteiger partial charge < -0.3 is 9.47 Å². The Morgan fingerprint density at radius 1 is 1.16 bits per heavy atom. The molecule has 7 heteroatoms. The lowest BCUT2D eigenvalue weighted by Gasteiger charge is -2.11. The van der Waals surface area contributed by atoms with Gasteiger partial charge in [-0.3, -0.25) is 0 Å². The molecular weight excluding hydrogens is 431 g/mol. The third-order valence-electron chi connectivity index (χ3n) is 5.45. The number of carbonyl (C=O) groups is 1. The summed E-state index contributed by atoms with van der Waals surface area (Å²) < 4.78 is 27.7. The summed E-state index contributed by atoms with van der Waals surface area (Å²) in [4.78, 5) is 11.9. The van der Waals surface area contributed by atoms with E-state index in [0.717, 1.165) is 29.9 Å². The Morgan fingerprint density at radius 3 is 2.72 bits per heavy atom. The normalized spacial score (nSPS) is 13.3. The molecule has 4 aromatic rings. The van der Waals surface area contributed by atoms with Crippen LogP contribution in [0.4, 0.5) is 4.39 Å². The Bertz CT molecular complexity index is 1330. The van der Waals surface area contributed by atoms with Crippen molar-refractivity contribution < 1.29 is 18.7 Å². The third-order valence-corrected chi connectivity index (χ3v) is 5.75. The first-order chi connectivity index (χ1) is 15.6. The van der Waals surface area contributed by atoms with E-state index in [0.29, 0.717) is 28.1 Å². The Morgan fingerprint density at radius 2 is 1.97 bits per heavy atom. The Kier molecular flexibility index (Phi) is 5.31. The fourth-order valence-electron chi connectivity index (χ4n) is 3.76. The van der Waals surface area contributed by atoms with Gasteiger partial charge in [0.05, 0.1) is 28.1 Å². The second-order valence-electron chi connectivity index (χ2n) is 7.66. The molecule has 3 aromatic carbocycles. The van der Waals surface area contributed by atoms with E-state index in [2.05, 4.69) is 5.10 Å². The third kappa shape index (κ3) is 3.71. The van der Waals surface area contributed by atoms with Gasteiger partial charge in [0.2, 0.25) is 5.88 Å². The number of rotatable bonds is 6. The summed E-state index contributed by atoms with van der Waals surface area (Å²) in [6.07, 6.45) is 2.20. The van der Waals surface area contributed by atoms with Gasteiger partial charge in [0.25, 0.3) is 0 Å². The molecule has 0 unspecified atom stereocenters. The number of benzene rings is 3. The van der Waals surface area contributed by atoms with Crippen LogP contribution in [0, 0.1) is 5.82 Å². The summed E-state index contributed by atoms with van der Waals surface area (Å²) in [6, 6.07) is 17.3. The number of hydrogen-bond acceptors (Lipinski definition) is 4. The summed E-state index contributed by atoms with van der Waals surface area (Å²) in [5.41, 5.74) is 2.07. The highest BCUT2D eigenvalue weighted by atomic mass is 35.5. The number of carbonyl (C=O) groups excluding carboxylic acids is 1. The zero-order chi connectivity index (χ0) is 22.2. The maximum atomic E-state index is 15.0. The van der Waals surface area contributed by atoms with Crippen LogP contribution in [0.15, 0.2) is 60.7 Å². The summed E-state index contributed by atoms with van der Waals surface area (Å²) in [5, 5.41) is 5.81. The molecule has 162 valence electrons. The van der Waals surface area contributed by atoms with Crippen LogP contribution in [0.25, 0.3) is 16.6 Å². The van der Waals surface area contributed by atoms with E-state index in [9.17, 15) is 4.79 Å². The van der Waals surface area contributed by atoms with E-state index >= 15 is 4.39 Å². The number of hydrogen-bond donors (Lipinski definition) is 0. The van der Waals surface area contributed by atoms with Crippen molar-refractivity contribution in [3.8, 4) is 17.3 Å². The van der Waals surface area contributed by atoms with Crippen molar-refractivity contribution in [2.24, 2.45) is 0 Å². The first-order valence-electron chi connectivity index (χ1n) is 10.5. The molecule has 1 aliphatic carbocycles. The van der Waals surface area contributed by atoms with Gasteiger partial charge >= 0.3 is 5.97 Å². The SMILES string of the molecule is CCOC(=O)c1ccc(-n2nc(Oc3c(Cl)cccc3C3CC3)c3ccccc32)c(F)c1. The number of halogens is 2. The summed E-state index contributed by atoms with van der Waals surface area (Å²) >= 11 is 6.46. The molecule has 1 heterocycles. The van der Waals surface area contributed by atoms with Gasteiger partial charge in [-0.2, -0.15) is 0 Å². The minimum absolute atomic E-state index is 0.145. The summed E-state index contributed by atoms with van der Waals surface area (Å²) in [6.45, 7) is 1.92. The number of esters is 1. The summed E-state index contributed by atoms with van der Waals surface area (Å²) in [7, 11) is 0. The number of fused-ring (bicyclic) bond motifs is 1. The van der Waals surface area contributed by atoms with Gasteiger partial charge in [-0.1, -0.05) is 35.9 Å². The van der Waals surface area contributed by atoms with Crippen molar-refractivity contribution in [1.82, 2.24) is 9.78 Å². The molecule has 0 bridgehead atoms. The molecule has 0 saturated heterocycles. The van der Waals surface area contributed by atoms with Crippen molar-refractivity contribution >= 4 is 28.5 Å². The minimum atomic E-state index is -0.591.